The first kappa shape index (κ1) is 15.7. The lowest BCUT2D eigenvalue weighted by molar-refractivity contribution is -0.134. The number of hydrogen-bond acceptors (Lipinski definition) is 4. The normalized spacial score (nSPS) is 34.2. The molecule has 3 heterocycles. The van der Waals surface area contributed by atoms with Gasteiger partial charge >= 0.3 is 0 Å². The van der Waals surface area contributed by atoms with E-state index in [-0.39, 0.29) is 0 Å². The number of nitrogens with one attached hydrogen (secondary N) is 1. The number of carbonyl (C=O) groups excluding carboxylic acids is 1. The molecule has 1 N–H and O–H groups in total. The fourth-order valence-electron chi connectivity index (χ4n) is 5.41. The highest BCUT2D eigenvalue weighted by atomic mass is 16.2. The zero-order valence-corrected chi connectivity index (χ0v) is 14.9. The van der Waals surface area contributed by atoms with Crippen molar-refractivity contribution in [3.05, 3.63) is 23.3 Å². The number of likely N-dealkylation sites (tertiary alicyclic amines) is 1. The minimum Gasteiger partial charge on any atom is -0.342 e. The Morgan fingerprint density at radius 3 is 2.84 bits per heavy atom. The summed E-state index contributed by atoms with van der Waals surface area (Å²) in [6.45, 7) is 3.64. The first-order valence-corrected chi connectivity index (χ1v) is 10.2. The van der Waals surface area contributed by atoms with Crippen LogP contribution in [0.5, 0.6) is 0 Å². The van der Waals surface area contributed by atoms with Crippen LogP contribution in [0, 0.1) is 17.8 Å². The summed E-state index contributed by atoms with van der Waals surface area (Å²) in [5.74, 6) is 3.47. The Kier molecular flexibility index (Phi) is 4.00. The van der Waals surface area contributed by atoms with Crippen molar-refractivity contribution in [3.8, 4) is 0 Å². The molecular formula is C20H28N4O. The molecule has 5 heteroatoms. The molecule has 0 spiro atoms. The molecule has 1 aromatic rings. The number of amides is 1. The van der Waals surface area contributed by atoms with Crippen LogP contribution in [0.2, 0.25) is 0 Å². The van der Waals surface area contributed by atoms with Gasteiger partial charge in [0.1, 0.15) is 5.82 Å². The molecule has 25 heavy (non-hydrogen) atoms. The number of rotatable bonds is 2. The largest absolute Gasteiger partial charge is 0.342 e. The van der Waals surface area contributed by atoms with E-state index >= 15 is 0 Å². The highest BCUT2D eigenvalue weighted by Crippen LogP contribution is 2.56. The number of nitrogens with zero attached hydrogens (tertiary/aromatic N) is 3. The highest BCUT2D eigenvalue weighted by Gasteiger charge is 2.56. The molecule has 0 aromatic carbocycles. The van der Waals surface area contributed by atoms with Crippen molar-refractivity contribution < 1.29 is 4.79 Å². The number of carbonyl (C=O) groups is 1. The minimum atomic E-state index is 0.318. The molecule has 134 valence electrons. The maximum atomic E-state index is 13.0. The van der Waals surface area contributed by atoms with E-state index in [1.54, 1.807) is 0 Å². The lowest BCUT2D eigenvalue weighted by atomic mass is 9.96. The number of aromatic nitrogens is 2. The molecule has 5 rings (SSSR count). The Balaban J connectivity index is 1.29. The monoisotopic (exact) mass is 340 g/mol. The van der Waals surface area contributed by atoms with E-state index in [1.165, 1.54) is 36.9 Å². The van der Waals surface area contributed by atoms with Gasteiger partial charge in [-0.3, -0.25) is 4.79 Å². The predicted molar refractivity (Wildman–Crippen MR) is 94.9 cm³/mol. The number of piperidine rings is 1. The predicted octanol–water partition coefficient (Wildman–Crippen LogP) is 2.26. The fraction of sp³-hybridized carbons (Fsp3) is 0.750. The molecule has 2 aliphatic heterocycles. The smallest absolute Gasteiger partial charge is 0.226 e. The third-order valence-corrected chi connectivity index (χ3v) is 6.87. The zero-order valence-electron chi connectivity index (χ0n) is 14.9. The van der Waals surface area contributed by atoms with Crippen LogP contribution >= 0.6 is 0 Å². The first-order chi connectivity index (χ1) is 12.3. The maximum Gasteiger partial charge on any atom is 0.226 e. The third kappa shape index (κ3) is 2.86. The summed E-state index contributed by atoms with van der Waals surface area (Å²) >= 11 is 0. The summed E-state index contributed by atoms with van der Waals surface area (Å²) in [5.41, 5.74) is 2.45. The van der Waals surface area contributed by atoms with E-state index < -0.39 is 0 Å². The van der Waals surface area contributed by atoms with Gasteiger partial charge in [0.05, 0.1) is 0 Å². The highest BCUT2D eigenvalue weighted by molar-refractivity contribution is 5.82. The second-order valence-corrected chi connectivity index (χ2v) is 8.39. The van der Waals surface area contributed by atoms with Crippen LogP contribution in [-0.4, -0.2) is 40.4 Å². The van der Waals surface area contributed by atoms with Crippen molar-refractivity contribution in [1.29, 1.82) is 0 Å². The summed E-state index contributed by atoms with van der Waals surface area (Å²) in [5, 5.41) is 3.37. The molecule has 0 bridgehead atoms. The van der Waals surface area contributed by atoms with Crippen molar-refractivity contribution in [2.24, 2.45) is 17.8 Å². The van der Waals surface area contributed by atoms with Crippen LogP contribution in [-0.2, 0) is 17.8 Å². The van der Waals surface area contributed by atoms with E-state index in [9.17, 15) is 4.79 Å². The molecule has 4 aliphatic rings. The second-order valence-electron chi connectivity index (χ2n) is 8.39. The molecule has 1 amide bonds. The number of fused-ring (bicyclic) bond motifs is 2. The van der Waals surface area contributed by atoms with Crippen molar-refractivity contribution >= 4 is 5.91 Å². The van der Waals surface area contributed by atoms with Crippen LogP contribution in [0.1, 0.15) is 61.5 Å². The van der Waals surface area contributed by atoms with Crippen LogP contribution in [0.15, 0.2) is 6.20 Å². The molecule has 4 atom stereocenters. The van der Waals surface area contributed by atoms with Gasteiger partial charge in [-0.15, -0.1) is 0 Å². The molecule has 2 saturated carbocycles. The summed E-state index contributed by atoms with van der Waals surface area (Å²) in [7, 11) is 0. The molecule has 1 saturated heterocycles. The first-order valence-electron chi connectivity index (χ1n) is 10.2. The van der Waals surface area contributed by atoms with E-state index in [2.05, 4.69) is 15.2 Å². The maximum absolute atomic E-state index is 13.0. The van der Waals surface area contributed by atoms with E-state index in [0.717, 1.165) is 51.3 Å². The van der Waals surface area contributed by atoms with E-state index in [4.69, 9.17) is 4.98 Å². The Morgan fingerprint density at radius 2 is 2.00 bits per heavy atom. The van der Waals surface area contributed by atoms with Crippen molar-refractivity contribution in [1.82, 2.24) is 20.2 Å². The van der Waals surface area contributed by atoms with Crippen LogP contribution in [0.25, 0.3) is 0 Å². The van der Waals surface area contributed by atoms with Gasteiger partial charge in [0.15, 0.2) is 0 Å². The van der Waals surface area contributed by atoms with Gasteiger partial charge in [-0.25, -0.2) is 9.97 Å². The quantitative estimate of drug-likeness (QED) is 0.897. The third-order valence-electron chi connectivity index (χ3n) is 6.87. The average molecular weight is 340 g/mol. The van der Waals surface area contributed by atoms with Gasteiger partial charge in [-0.05, 0) is 37.5 Å². The summed E-state index contributed by atoms with van der Waals surface area (Å²) < 4.78 is 0. The molecular weight excluding hydrogens is 312 g/mol. The average Bonchev–Trinajstić information content (AvgIpc) is 3.41. The van der Waals surface area contributed by atoms with Crippen LogP contribution in [0.3, 0.4) is 0 Å². The number of hydrogen-bond donors (Lipinski definition) is 1. The van der Waals surface area contributed by atoms with Gasteiger partial charge < -0.3 is 10.2 Å². The standard InChI is InChI=1S/C20H28N4O/c25-20(18-15-5-1-2-6-16(15)18)24-9-3-4-13(12-24)19-22-11-14-10-21-8-7-17(14)23-19/h11,13,15-16,18,21H,1-10,12H2/t13-,15-,16+,18?/m1/s1. The fourth-order valence-corrected chi connectivity index (χ4v) is 5.41. The Morgan fingerprint density at radius 1 is 1.16 bits per heavy atom. The zero-order chi connectivity index (χ0) is 16.8. The van der Waals surface area contributed by atoms with Gasteiger partial charge in [-0.1, -0.05) is 12.8 Å². The SMILES string of the molecule is O=C(C1[C@H]2CCCC[C@@H]12)N1CCC[C@@H](c2ncc3c(n2)CCNC3)C1. The summed E-state index contributed by atoms with van der Waals surface area (Å²) in [6, 6.07) is 0. The van der Waals surface area contributed by atoms with Crippen LogP contribution in [0.4, 0.5) is 0 Å². The lowest BCUT2D eigenvalue weighted by Crippen LogP contribution is -2.41. The van der Waals surface area contributed by atoms with Gasteiger partial charge in [-0.2, -0.15) is 0 Å². The topological polar surface area (TPSA) is 58.1 Å². The molecule has 1 unspecified atom stereocenters. The second kappa shape index (κ2) is 6.35. The molecule has 2 aliphatic carbocycles. The summed E-state index contributed by atoms with van der Waals surface area (Å²) in [6.07, 6.45) is 10.4. The van der Waals surface area contributed by atoms with Gasteiger partial charge in [0.2, 0.25) is 5.91 Å². The Labute approximate surface area is 149 Å². The van der Waals surface area contributed by atoms with E-state index in [1.807, 2.05) is 6.20 Å². The van der Waals surface area contributed by atoms with Gasteiger partial charge in [0.25, 0.3) is 0 Å². The molecule has 0 radical (unpaired) electrons. The van der Waals surface area contributed by atoms with Gasteiger partial charge in [0, 0.05) is 61.9 Å². The van der Waals surface area contributed by atoms with Crippen molar-refractivity contribution in [3.63, 3.8) is 0 Å². The molecule has 3 fully saturated rings. The Bertz CT molecular complexity index is 664. The minimum absolute atomic E-state index is 0.318. The van der Waals surface area contributed by atoms with Crippen molar-refractivity contribution in [2.75, 3.05) is 19.6 Å². The Hall–Kier alpha value is -1.49. The molecule has 1 aromatic heterocycles. The van der Waals surface area contributed by atoms with Crippen molar-refractivity contribution in [2.45, 2.75) is 57.4 Å². The van der Waals surface area contributed by atoms with Crippen LogP contribution < -0.4 is 5.32 Å². The lowest BCUT2D eigenvalue weighted by Gasteiger charge is -2.32. The summed E-state index contributed by atoms with van der Waals surface area (Å²) in [4.78, 5) is 24.7. The van der Waals surface area contributed by atoms with E-state index in [0.29, 0.717) is 29.6 Å². The molecule has 5 nitrogen and oxygen atoms in total.